The minimum atomic E-state index is -0.612. The van der Waals surface area contributed by atoms with Gasteiger partial charge in [0.2, 0.25) is 0 Å². The molecule has 0 bridgehead atoms. The molecule has 0 saturated carbocycles. The second-order valence-corrected chi connectivity index (χ2v) is 6.41. The molecule has 7 heteroatoms. The van der Waals surface area contributed by atoms with Crippen molar-refractivity contribution < 1.29 is 18.7 Å². The summed E-state index contributed by atoms with van der Waals surface area (Å²) in [4.78, 5) is 16.7. The van der Waals surface area contributed by atoms with Gasteiger partial charge in [0.15, 0.2) is 0 Å². The summed E-state index contributed by atoms with van der Waals surface area (Å²) < 4.78 is 23.9. The highest BCUT2D eigenvalue weighted by molar-refractivity contribution is 6.07. The molecular weight excluding hydrogens is 373 g/mol. The lowest BCUT2D eigenvalue weighted by atomic mass is 10.1. The van der Waals surface area contributed by atoms with Crippen LogP contribution in [0.3, 0.4) is 0 Å². The van der Waals surface area contributed by atoms with Gasteiger partial charge in [0, 0.05) is 41.1 Å². The number of nitrogens with zero attached hydrogens (tertiary/aromatic N) is 1. The summed E-state index contributed by atoms with van der Waals surface area (Å²) >= 11 is 0. The van der Waals surface area contributed by atoms with Crippen LogP contribution in [-0.2, 0) is 14.3 Å². The van der Waals surface area contributed by atoms with Gasteiger partial charge >= 0.3 is 0 Å². The fraction of sp³-hybridized carbons (Fsp3) is 0.273. The number of aromatic nitrogens is 1. The normalized spacial score (nSPS) is 12.0. The Morgan fingerprint density at radius 1 is 1.07 bits per heavy atom. The van der Waals surface area contributed by atoms with Crippen molar-refractivity contribution >= 4 is 33.7 Å². The lowest BCUT2D eigenvalue weighted by Gasteiger charge is -2.16. The summed E-state index contributed by atoms with van der Waals surface area (Å²) in [5.74, 6) is -0.536. The van der Waals surface area contributed by atoms with Gasteiger partial charge in [0.1, 0.15) is 11.9 Å². The van der Waals surface area contributed by atoms with E-state index in [-0.39, 0.29) is 11.7 Å². The van der Waals surface area contributed by atoms with Gasteiger partial charge in [-0.2, -0.15) is 0 Å². The van der Waals surface area contributed by atoms with E-state index < -0.39 is 6.10 Å². The molecule has 0 aliphatic rings. The van der Waals surface area contributed by atoms with E-state index in [1.165, 1.54) is 12.1 Å². The van der Waals surface area contributed by atoms with Crippen molar-refractivity contribution in [1.82, 2.24) is 4.98 Å². The summed E-state index contributed by atoms with van der Waals surface area (Å²) in [6.45, 7) is 5.02. The van der Waals surface area contributed by atoms with Crippen molar-refractivity contribution in [1.29, 1.82) is 0 Å². The van der Waals surface area contributed by atoms with Crippen LogP contribution >= 0.6 is 0 Å². The summed E-state index contributed by atoms with van der Waals surface area (Å²) in [6, 6.07) is 11.7. The molecule has 2 N–H and O–H groups in total. The minimum absolute atomic E-state index is 0.245. The maximum atomic E-state index is 13.1. The van der Waals surface area contributed by atoms with E-state index in [4.69, 9.17) is 9.47 Å². The van der Waals surface area contributed by atoms with Gasteiger partial charge in [-0.15, -0.1) is 0 Å². The maximum absolute atomic E-state index is 13.1. The number of benzene rings is 2. The first-order valence-corrected chi connectivity index (χ1v) is 9.48. The van der Waals surface area contributed by atoms with Crippen molar-refractivity contribution in [3.8, 4) is 0 Å². The van der Waals surface area contributed by atoms with Crippen LogP contribution in [0.4, 0.5) is 21.5 Å². The number of rotatable bonds is 9. The van der Waals surface area contributed by atoms with Gasteiger partial charge in [-0.1, -0.05) is 0 Å². The standard InChI is InChI=1S/C22H24FN3O3/c1-3-28-12-13-29-15(2)22(27)26-21-9-8-20(18-10-11-24-14-19(18)21)25-17-6-4-16(23)5-7-17/h4-11,14-15,25H,3,12-13H2,1-2H3,(H,26,27)/t15-/m0/s1. The van der Waals surface area contributed by atoms with E-state index in [2.05, 4.69) is 15.6 Å². The van der Waals surface area contributed by atoms with Crippen LogP contribution in [0.25, 0.3) is 10.8 Å². The molecule has 152 valence electrons. The molecule has 3 rings (SSSR count). The number of pyridine rings is 1. The van der Waals surface area contributed by atoms with Crippen LogP contribution in [0.15, 0.2) is 54.9 Å². The number of hydrogen-bond donors (Lipinski definition) is 2. The quantitative estimate of drug-likeness (QED) is 0.520. The third-order valence-corrected chi connectivity index (χ3v) is 4.37. The number of amides is 1. The van der Waals surface area contributed by atoms with Crippen molar-refractivity contribution in [2.75, 3.05) is 30.5 Å². The number of ether oxygens (including phenoxy) is 2. The van der Waals surface area contributed by atoms with E-state index in [0.29, 0.717) is 25.5 Å². The molecule has 2 aromatic carbocycles. The Hall–Kier alpha value is -3.03. The van der Waals surface area contributed by atoms with Crippen molar-refractivity contribution in [3.63, 3.8) is 0 Å². The average Bonchev–Trinajstić information content (AvgIpc) is 2.74. The van der Waals surface area contributed by atoms with Crippen LogP contribution in [0.2, 0.25) is 0 Å². The number of nitrogens with one attached hydrogen (secondary N) is 2. The molecule has 0 aliphatic heterocycles. The fourth-order valence-corrected chi connectivity index (χ4v) is 2.84. The Kier molecular flexibility index (Phi) is 7.10. The topological polar surface area (TPSA) is 72.5 Å². The zero-order valence-corrected chi connectivity index (χ0v) is 16.4. The predicted molar refractivity (Wildman–Crippen MR) is 112 cm³/mol. The van der Waals surface area contributed by atoms with Crippen LogP contribution in [0.5, 0.6) is 0 Å². The molecule has 0 aliphatic carbocycles. The molecule has 3 aromatic rings. The highest BCUT2D eigenvalue weighted by Gasteiger charge is 2.15. The summed E-state index contributed by atoms with van der Waals surface area (Å²) in [7, 11) is 0. The number of halogens is 1. The van der Waals surface area contributed by atoms with E-state index in [1.54, 1.807) is 37.5 Å². The predicted octanol–water partition coefficient (Wildman–Crippen LogP) is 4.50. The molecule has 1 heterocycles. The Balaban J connectivity index is 1.76. The van der Waals surface area contributed by atoms with Gasteiger partial charge < -0.3 is 20.1 Å². The molecule has 0 radical (unpaired) electrons. The summed E-state index contributed by atoms with van der Waals surface area (Å²) in [6.07, 6.45) is 2.77. The summed E-state index contributed by atoms with van der Waals surface area (Å²) in [5.41, 5.74) is 2.23. The lowest BCUT2D eigenvalue weighted by Crippen LogP contribution is -2.29. The number of carbonyl (C=O) groups is 1. The first kappa shape index (κ1) is 20.7. The lowest BCUT2D eigenvalue weighted by molar-refractivity contribution is -0.127. The first-order chi connectivity index (χ1) is 14.1. The molecule has 1 amide bonds. The molecule has 0 fully saturated rings. The first-order valence-electron chi connectivity index (χ1n) is 9.48. The highest BCUT2D eigenvalue weighted by Crippen LogP contribution is 2.31. The van der Waals surface area contributed by atoms with Crippen LogP contribution in [0, 0.1) is 5.82 Å². The van der Waals surface area contributed by atoms with Gasteiger partial charge in [-0.25, -0.2) is 4.39 Å². The molecule has 29 heavy (non-hydrogen) atoms. The van der Waals surface area contributed by atoms with E-state index in [0.717, 1.165) is 22.1 Å². The zero-order valence-electron chi connectivity index (χ0n) is 16.4. The Bertz CT molecular complexity index is 963. The van der Waals surface area contributed by atoms with Crippen molar-refractivity contribution in [2.24, 2.45) is 0 Å². The Morgan fingerprint density at radius 3 is 2.59 bits per heavy atom. The van der Waals surface area contributed by atoms with E-state index in [9.17, 15) is 9.18 Å². The minimum Gasteiger partial charge on any atom is -0.379 e. The molecule has 1 atom stereocenters. The number of fused-ring (bicyclic) bond motifs is 1. The third kappa shape index (κ3) is 5.49. The summed E-state index contributed by atoms with van der Waals surface area (Å²) in [5, 5.41) is 7.84. The van der Waals surface area contributed by atoms with E-state index in [1.807, 2.05) is 19.1 Å². The van der Waals surface area contributed by atoms with Crippen molar-refractivity contribution in [3.05, 3.63) is 60.7 Å². The third-order valence-electron chi connectivity index (χ3n) is 4.37. The van der Waals surface area contributed by atoms with Gasteiger partial charge in [-0.05, 0) is 56.3 Å². The molecule has 0 saturated heterocycles. The van der Waals surface area contributed by atoms with E-state index >= 15 is 0 Å². The second-order valence-electron chi connectivity index (χ2n) is 6.41. The Morgan fingerprint density at radius 2 is 1.83 bits per heavy atom. The molecule has 0 spiro atoms. The van der Waals surface area contributed by atoms with Crippen LogP contribution in [-0.4, -0.2) is 36.8 Å². The van der Waals surface area contributed by atoms with Gasteiger partial charge in [-0.3, -0.25) is 9.78 Å². The fourth-order valence-electron chi connectivity index (χ4n) is 2.84. The largest absolute Gasteiger partial charge is 0.379 e. The second kappa shape index (κ2) is 9.95. The molecular formula is C22H24FN3O3. The van der Waals surface area contributed by atoms with Crippen molar-refractivity contribution in [2.45, 2.75) is 20.0 Å². The maximum Gasteiger partial charge on any atom is 0.253 e. The molecule has 1 aromatic heterocycles. The number of hydrogen-bond acceptors (Lipinski definition) is 5. The zero-order chi connectivity index (χ0) is 20.6. The van der Waals surface area contributed by atoms with Crippen LogP contribution < -0.4 is 10.6 Å². The number of carbonyl (C=O) groups excluding carboxylic acids is 1. The average molecular weight is 397 g/mol. The highest BCUT2D eigenvalue weighted by atomic mass is 19.1. The van der Waals surface area contributed by atoms with Gasteiger partial charge in [0.05, 0.1) is 18.9 Å². The van der Waals surface area contributed by atoms with Crippen LogP contribution in [0.1, 0.15) is 13.8 Å². The molecule has 0 unspecified atom stereocenters. The molecule has 6 nitrogen and oxygen atoms in total. The van der Waals surface area contributed by atoms with Gasteiger partial charge in [0.25, 0.3) is 5.91 Å². The monoisotopic (exact) mass is 397 g/mol. The smallest absolute Gasteiger partial charge is 0.253 e. The number of anilines is 3. The SMILES string of the molecule is CCOCCO[C@@H](C)C(=O)Nc1ccc(Nc2ccc(F)cc2)c2ccncc12. The Labute approximate surface area is 169 Å².